The van der Waals surface area contributed by atoms with Crippen LogP contribution in [0.4, 0.5) is 5.69 Å². The van der Waals surface area contributed by atoms with Crippen LogP contribution in [0.25, 0.3) is 0 Å². The van der Waals surface area contributed by atoms with E-state index < -0.39 is 0 Å². The van der Waals surface area contributed by atoms with Crippen LogP contribution in [0, 0.1) is 0 Å². The lowest BCUT2D eigenvalue weighted by Gasteiger charge is -2.18. The topological polar surface area (TPSA) is 85.9 Å². The molecule has 1 unspecified atom stereocenters. The smallest absolute Gasteiger partial charge is 0.252 e. The third kappa shape index (κ3) is 6.28. The quantitative estimate of drug-likeness (QED) is 0.437. The number of carbonyl (C=O) groups excluding carboxylic acids is 2. The van der Waals surface area contributed by atoms with Gasteiger partial charge in [0.2, 0.25) is 11.7 Å². The Hall–Kier alpha value is -4.00. The molecule has 0 spiro atoms. The molecule has 1 atom stereocenters. The molecule has 0 radical (unpaired) electrons. The van der Waals surface area contributed by atoms with Crippen LogP contribution in [0.1, 0.15) is 47.8 Å². The number of benzene rings is 3. The lowest BCUT2D eigenvalue weighted by Crippen LogP contribution is -2.26. The molecule has 0 bridgehead atoms. The van der Waals surface area contributed by atoms with Crippen LogP contribution in [0.5, 0.6) is 17.2 Å². The monoisotopic (exact) mass is 462 g/mol. The molecule has 0 aliphatic rings. The van der Waals surface area contributed by atoms with Crippen LogP contribution in [0.2, 0.25) is 0 Å². The molecule has 2 N–H and O–H groups in total. The highest BCUT2D eigenvalue weighted by atomic mass is 16.5. The molecular formula is C27H30N2O5. The van der Waals surface area contributed by atoms with Crippen LogP contribution in [0.15, 0.2) is 66.7 Å². The molecule has 7 heteroatoms. The maximum atomic E-state index is 13.0. The zero-order chi connectivity index (χ0) is 24.5. The summed E-state index contributed by atoms with van der Waals surface area (Å²) in [7, 11) is 3.04. The number of hydrogen-bond acceptors (Lipinski definition) is 5. The minimum absolute atomic E-state index is 0.0480. The zero-order valence-electron chi connectivity index (χ0n) is 19.9. The van der Waals surface area contributed by atoms with Gasteiger partial charge < -0.3 is 24.8 Å². The lowest BCUT2D eigenvalue weighted by molar-refractivity contribution is -0.115. The number of anilines is 1. The van der Waals surface area contributed by atoms with E-state index in [2.05, 4.69) is 10.6 Å². The molecule has 3 aromatic carbocycles. The standard InChI is InChI=1S/C27H30N2O5/c1-5-25(30)29-22-13-11-20(12-14-22)18(2)28-27(31)21-15-23(32-3)26(24(16-21)33-4)34-17-19-9-7-6-8-10-19/h6-16,18H,5,17H2,1-4H3,(H,28,31)(H,29,30). The normalized spacial score (nSPS) is 11.3. The number of methoxy groups -OCH3 is 2. The van der Waals surface area contributed by atoms with Crippen molar-refractivity contribution in [1.82, 2.24) is 5.32 Å². The molecule has 3 aromatic rings. The summed E-state index contributed by atoms with van der Waals surface area (Å²) in [4.78, 5) is 24.5. The summed E-state index contributed by atoms with van der Waals surface area (Å²) in [5.74, 6) is 0.923. The van der Waals surface area contributed by atoms with E-state index in [1.807, 2.05) is 61.5 Å². The first kappa shape index (κ1) is 24.6. The maximum Gasteiger partial charge on any atom is 0.252 e. The summed E-state index contributed by atoms with van der Waals surface area (Å²) in [6.07, 6.45) is 0.414. The van der Waals surface area contributed by atoms with Gasteiger partial charge in [-0.3, -0.25) is 9.59 Å². The van der Waals surface area contributed by atoms with Crippen molar-refractivity contribution >= 4 is 17.5 Å². The molecule has 0 fully saturated rings. The van der Waals surface area contributed by atoms with Crippen molar-refractivity contribution in [3.63, 3.8) is 0 Å². The van der Waals surface area contributed by atoms with Crippen molar-refractivity contribution < 1.29 is 23.8 Å². The van der Waals surface area contributed by atoms with Gasteiger partial charge in [-0.1, -0.05) is 49.4 Å². The first-order chi connectivity index (χ1) is 16.4. The van der Waals surface area contributed by atoms with Crippen LogP contribution in [0.3, 0.4) is 0 Å². The highest BCUT2D eigenvalue weighted by Crippen LogP contribution is 2.39. The predicted octanol–water partition coefficient (Wildman–Crippen LogP) is 5.12. The average Bonchev–Trinajstić information content (AvgIpc) is 2.87. The van der Waals surface area contributed by atoms with Gasteiger partial charge in [-0.25, -0.2) is 0 Å². The van der Waals surface area contributed by atoms with Gasteiger partial charge in [0.25, 0.3) is 5.91 Å². The Labute approximate surface area is 200 Å². The van der Waals surface area contributed by atoms with Crippen molar-refractivity contribution in [2.75, 3.05) is 19.5 Å². The van der Waals surface area contributed by atoms with Crippen molar-refractivity contribution in [2.45, 2.75) is 32.9 Å². The molecule has 0 saturated heterocycles. The number of rotatable bonds is 10. The fraction of sp³-hybridized carbons (Fsp3) is 0.259. The third-order valence-electron chi connectivity index (χ3n) is 5.31. The Balaban J connectivity index is 1.73. The van der Waals surface area contributed by atoms with Gasteiger partial charge in [-0.05, 0) is 42.3 Å². The minimum Gasteiger partial charge on any atom is -0.493 e. The van der Waals surface area contributed by atoms with Crippen LogP contribution in [-0.4, -0.2) is 26.0 Å². The predicted molar refractivity (Wildman–Crippen MR) is 132 cm³/mol. The summed E-state index contributed by atoms with van der Waals surface area (Å²) >= 11 is 0. The van der Waals surface area contributed by atoms with Gasteiger partial charge in [0, 0.05) is 17.7 Å². The molecule has 0 heterocycles. The lowest BCUT2D eigenvalue weighted by atomic mass is 10.1. The Morgan fingerprint density at radius 1 is 0.912 bits per heavy atom. The van der Waals surface area contributed by atoms with Gasteiger partial charge in [-0.15, -0.1) is 0 Å². The fourth-order valence-corrected chi connectivity index (χ4v) is 3.35. The summed E-state index contributed by atoms with van der Waals surface area (Å²) < 4.78 is 16.9. The summed E-state index contributed by atoms with van der Waals surface area (Å²) in [6, 6.07) is 20.1. The van der Waals surface area contributed by atoms with Gasteiger partial charge in [-0.2, -0.15) is 0 Å². The van der Waals surface area contributed by atoms with Crippen molar-refractivity contribution in [3.05, 3.63) is 83.4 Å². The average molecular weight is 463 g/mol. The molecule has 7 nitrogen and oxygen atoms in total. The van der Waals surface area contributed by atoms with Crippen molar-refractivity contribution in [3.8, 4) is 17.2 Å². The highest BCUT2D eigenvalue weighted by molar-refractivity contribution is 5.96. The number of hydrogen-bond donors (Lipinski definition) is 2. The molecule has 2 amide bonds. The molecule has 0 aliphatic carbocycles. The number of carbonyl (C=O) groups is 2. The fourth-order valence-electron chi connectivity index (χ4n) is 3.35. The molecule has 3 rings (SSSR count). The Kier molecular flexibility index (Phi) is 8.51. The van der Waals surface area contributed by atoms with E-state index in [9.17, 15) is 9.59 Å². The molecular weight excluding hydrogens is 432 g/mol. The van der Waals surface area contributed by atoms with Crippen molar-refractivity contribution in [1.29, 1.82) is 0 Å². The van der Waals surface area contributed by atoms with E-state index in [-0.39, 0.29) is 17.9 Å². The van der Waals surface area contributed by atoms with E-state index in [1.165, 1.54) is 14.2 Å². The van der Waals surface area contributed by atoms with Gasteiger partial charge in [0.1, 0.15) is 6.61 Å². The summed E-state index contributed by atoms with van der Waals surface area (Å²) in [6.45, 7) is 4.03. The van der Waals surface area contributed by atoms with E-state index in [4.69, 9.17) is 14.2 Å². The molecule has 34 heavy (non-hydrogen) atoms. The van der Waals surface area contributed by atoms with Crippen LogP contribution < -0.4 is 24.8 Å². The Morgan fingerprint density at radius 3 is 2.09 bits per heavy atom. The number of nitrogens with one attached hydrogen (secondary N) is 2. The van der Waals surface area contributed by atoms with E-state index in [1.54, 1.807) is 19.1 Å². The Morgan fingerprint density at radius 2 is 1.53 bits per heavy atom. The first-order valence-corrected chi connectivity index (χ1v) is 11.1. The van der Waals surface area contributed by atoms with Crippen LogP contribution >= 0.6 is 0 Å². The maximum absolute atomic E-state index is 13.0. The minimum atomic E-state index is -0.276. The second-order valence-corrected chi connectivity index (χ2v) is 7.70. The molecule has 0 aromatic heterocycles. The van der Waals surface area contributed by atoms with E-state index in [0.717, 1.165) is 16.8 Å². The number of ether oxygens (including phenoxy) is 3. The second-order valence-electron chi connectivity index (χ2n) is 7.70. The third-order valence-corrected chi connectivity index (χ3v) is 5.31. The van der Waals surface area contributed by atoms with Crippen LogP contribution in [-0.2, 0) is 11.4 Å². The second kappa shape index (κ2) is 11.7. The Bertz CT molecular complexity index is 1090. The number of amides is 2. The summed E-state index contributed by atoms with van der Waals surface area (Å²) in [5, 5.41) is 5.80. The van der Waals surface area contributed by atoms with Gasteiger partial charge >= 0.3 is 0 Å². The highest BCUT2D eigenvalue weighted by Gasteiger charge is 2.19. The molecule has 178 valence electrons. The van der Waals surface area contributed by atoms with E-state index in [0.29, 0.717) is 35.8 Å². The van der Waals surface area contributed by atoms with Gasteiger partial charge in [0.05, 0.1) is 20.3 Å². The SMILES string of the molecule is CCC(=O)Nc1ccc(C(C)NC(=O)c2cc(OC)c(OCc3ccccc3)c(OC)c2)cc1. The largest absolute Gasteiger partial charge is 0.493 e. The van der Waals surface area contributed by atoms with Crippen molar-refractivity contribution in [2.24, 2.45) is 0 Å². The van der Waals surface area contributed by atoms with E-state index >= 15 is 0 Å². The summed E-state index contributed by atoms with van der Waals surface area (Å²) in [5.41, 5.74) is 3.02. The molecule has 0 aliphatic heterocycles. The van der Waals surface area contributed by atoms with Gasteiger partial charge in [0.15, 0.2) is 11.5 Å². The zero-order valence-corrected chi connectivity index (χ0v) is 19.9. The molecule has 0 saturated carbocycles. The first-order valence-electron chi connectivity index (χ1n) is 11.1.